The molecule has 0 amide bonds. The SMILES string of the molecule is CC12C=CC=CC1Oc1cccc(-c3ccc(-c4ccc5c(c4)nc(-c4ccc(C6=NC(c7ccccc7)=NC(c7ccccc7)N6)cc4)c4oc6ccccc6c45)cc3)c12. The van der Waals surface area contributed by atoms with Gasteiger partial charge in [-0.3, -0.25) is 0 Å². The summed E-state index contributed by atoms with van der Waals surface area (Å²) in [5.41, 5.74) is 12.9. The van der Waals surface area contributed by atoms with E-state index < -0.39 is 0 Å². The topological polar surface area (TPSA) is 72.0 Å². The van der Waals surface area contributed by atoms with Crippen molar-refractivity contribution >= 4 is 44.5 Å². The molecule has 2 aliphatic heterocycles. The van der Waals surface area contributed by atoms with Crippen molar-refractivity contribution in [1.29, 1.82) is 0 Å². The van der Waals surface area contributed by atoms with Gasteiger partial charge in [-0.15, -0.1) is 0 Å². The molecule has 4 heterocycles. The van der Waals surface area contributed by atoms with Crippen molar-refractivity contribution < 1.29 is 9.15 Å². The molecular weight excluding hydrogens is 749 g/mol. The summed E-state index contributed by atoms with van der Waals surface area (Å²) in [6.07, 6.45) is 8.36. The number of allylic oxidation sites excluding steroid dienone is 2. The highest BCUT2D eigenvalue weighted by molar-refractivity contribution is 6.21. The quantitative estimate of drug-likeness (QED) is 0.182. The summed E-state index contributed by atoms with van der Waals surface area (Å²) in [4.78, 5) is 15.4. The van der Waals surface area contributed by atoms with Crippen LogP contribution >= 0.6 is 0 Å². The van der Waals surface area contributed by atoms with Gasteiger partial charge in [0.1, 0.15) is 35.1 Å². The average molecular weight is 787 g/mol. The Bertz CT molecular complexity index is 3310. The van der Waals surface area contributed by atoms with Gasteiger partial charge < -0.3 is 14.5 Å². The third-order valence-corrected chi connectivity index (χ3v) is 12.4. The standard InChI is InChI=1S/C55H38N4O2/c1-55-32-11-10-21-47(55)60-46-20-12-18-41(49(46)55)35-24-22-34(23-25-35)40-30-31-42-44(33-40)56-50(51-48(42)43-17-8-9-19-45(43)61-51)36-26-28-39(29-27-36)54-58-52(37-13-4-2-5-14-37)57-53(59-54)38-15-6-3-7-16-38/h2-33,47,52H,1H3,(H,57,58,59). The number of fused-ring (bicyclic) bond motifs is 8. The van der Waals surface area contributed by atoms with Crippen LogP contribution in [0.15, 0.2) is 209 Å². The maximum atomic E-state index is 6.63. The van der Waals surface area contributed by atoms with E-state index in [0.717, 1.165) is 83.5 Å². The molecule has 3 atom stereocenters. The first kappa shape index (κ1) is 35.1. The number of hydrogen-bond donors (Lipinski definition) is 1. The average Bonchev–Trinajstić information content (AvgIpc) is 3.87. The smallest absolute Gasteiger partial charge is 0.162 e. The molecule has 0 fully saturated rings. The summed E-state index contributed by atoms with van der Waals surface area (Å²) >= 11 is 0. The minimum atomic E-state index is -0.275. The lowest BCUT2D eigenvalue weighted by Gasteiger charge is -2.28. The monoisotopic (exact) mass is 786 g/mol. The molecule has 9 aromatic rings. The number of nitrogens with zero attached hydrogens (tertiary/aromatic N) is 3. The molecule has 0 spiro atoms. The molecule has 2 aromatic heterocycles. The molecule has 6 heteroatoms. The zero-order chi connectivity index (χ0) is 40.5. The minimum absolute atomic E-state index is 0.00115. The lowest BCUT2D eigenvalue weighted by molar-refractivity contribution is 0.228. The van der Waals surface area contributed by atoms with Crippen molar-refractivity contribution in [3.63, 3.8) is 0 Å². The number of amidine groups is 2. The van der Waals surface area contributed by atoms with Crippen LogP contribution in [0.4, 0.5) is 0 Å². The van der Waals surface area contributed by atoms with Crippen LogP contribution < -0.4 is 10.1 Å². The Morgan fingerprint density at radius 1 is 0.607 bits per heavy atom. The maximum absolute atomic E-state index is 6.63. The second kappa shape index (κ2) is 13.9. The highest BCUT2D eigenvalue weighted by Gasteiger charge is 2.44. The fourth-order valence-electron chi connectivity index (χ4n) is 9.27. The van der Waals surface area contributed by atoms with E-state index in [9.17, 15) is 0 Å². The van der Waals surface area contributed by atoms with Gasteiger partial charge in [0, 0.05) is 38.4 Å². The number of rotatable bonds is 6. The third kappa shape index (κ3) is 5.82. The molecule has 6 nitrogen and oxygen atoms in total. The Kier molecular flexibility index (Phi) is 8.00. The Labute approximate surface area is 352 Å². The van der Waals surface area contributed by atoms with Gasteiger partial charge in [0.2, 0.25) is 0 Å². The predicted octanol–water partition coefficient (Wildman–Crippen LogP) is 12.8. The van der Waals surface area contributed by atoms with Crippen LogP contribution in [0.25, 0.3) is 66.4 Å². The lowest BCUT2D eigenvalue weighted by Crippen LogP contribution is -2.33. The number of ether oxygens (including phenoxy) is 1. The molecule has 0 radical (unpaired) electrons. The number of nitrogens with one attached hydrogen (secondary N) is 1. The van der Waals surface area contributed by atoms with E-state index >= 15 is 0 Å². The number of para-hydroxylation sites is 1. The minimum Gasteiger partial charge on any atom is -0.485 e. The van der Waals surface area contributed by atoms with E-state index in [1.165, 1.54) is 16.7 Å². The summed E-state index contributed by atoms with van der Waals surface area (Å²) in [5.74, 6) is 2.41. The van der Waals surface area contributed by atoms with Gasteiger partial charge in [-0.2, -0.15) is 0 Å². The molecule has 0 saturated heterocycles. The van der Waals surface area contributed by atoms with Gasteiger partial charge >= 0.3 is 0 Å². The van der Waals surface area contributed by atoms with E-state index in [0.29, 0.717) is 5.84 Å². The Balaban J connectivity index is 0.924. The second-order valence-electron chi connectivity index (χ2n) is 16.1. The van der Waals surface area contributed by atoms with Gasteiger partial charge in [0.15, 0.2) is 11.4 Å². The van der Waals surface area contributed by atoms with E-state index in [-0.39, 0.29) is 17.7 Å². The molecule has 290 valence electrons. The zero-order valence-electron chi connectivity index (χ0n) is 33.3. The molecule has 12 rings (SSSR count). The summed E-state index contributed by atoms with van der Waals surface area (Å²) in [5, 5.41) is 6.78. The molecule has 0 saturated carbocycles. The largest absolute Gasteiger partial charge is 0.485 e. The molecule has 1 aliphatic carbocycles. The van der Waals surface area contributed by atoms with Crippen LogP contribution in [0.3, 0.4) is 0 Å². The molecule has 0 bridgehead atoms. The van der Waals surface area contributed by atoms with Crippen LogP contribution in [0.2, 0.25) is 0 Å². The first-order chi connectivity index (χ1) is 30.1. The van der Waals surface area contributed by atoms with Crippen LogP contribution in [-0.4, -0.2) is 22.8 Å². The third-order valence-electron chi connectivity index (χ3n) is 12.4. The number of hydrogen-bond acceptors (Lipinski definition) is 6. The second-order valence-corrected chi connectivity index (χ2v) is 16.1. The number of furan rings is 1. The van der Waals surface area contributed by atoms with Crippen molar-refractivity contribution in [3.8, 4) is 39.3 Å². The first-order valence-electron chi connectivity index (χ1n) is 20.7. The van der Waals surface area contributed by atoms with Crippen molar-refractivity contribution in [2.24, 2.45) is 9.98 Å². The summed E-state index contributed by atoms with van der Waals surface area (Å²) in [6.45, 7) is 2.27. The van der Waals surface area contributed by atoms with Crippen molar-refractivity contribution in [3.05, 3.63) is 216 Å². The molecule has 3 unspecified atom stereocenters. The Hall–Kier alpha value is -7.83. The highest BCUT2D eigenvalue weighted by atomic mass is 16.5. The predicted molar refractivity (Wildman–Crippen MR) is 247 cm³/mol. The van der Waals surface area contributed by atoms with Crippen molar-refractivity contribution in [2.45, 2.75) is 24.6 Å². The summed E-state index contributed by atoms with van der Waals surface area (Å²) in [7, 11) is 0. The number of benzene rings is 7. The van der Waals surface area contributed by atoms with Crippen LogP contribution in [0, 0.1) is 0 Å². The van der Waals surface area contributed by atoms with Crippen molar-refractivity contribution in [2.75, 3.05) is 0 Å². The van der Waals surface area contributed by atoms with Gasteiger partial charge in [-0.25, -0.2) is 15.0 Å². The van der Waals surface area contributed by atoms with Gasteiger partial charge in [0.05, 0.1) is 10.9 Å². The first-order valence-corrected chi connectivity index (χ1v) is 20.7. The van der Waals surface area contributed by atoms with E-state index in [2.05, 4.69) is 146 Å². The number of aromatic nitrogens is 1. The highest BCUT2D eigenvalue weighted by Crippen LogP contribution is 2.50. The molecule has 3 aliphatic rings. The normalized spacial score (nSPS) is 19.0. The lowest BCUT2D eigenvalue weighted by atomic mass is 9.74. The fourth-order valence-corrected chi connectivity index (χ4v) is 9.27. The zero-order valence-corrected chi connectivity index (χ0v) is 33.3. The van der Waals surface area contributed by atoms with Gasteiger partial charge in [-0.1, -0.05) is 170 Å². The van der Waals surface area contributed by atoms with E-state index in [1.54, 1.807) is 0 Å². The number of aliphatic imine (C=N–C) groups is 2. The number of pyridine rings is 1. The van der Waals surface area contributed by atoms with Crippen LogP contribution in [-0.2, 0) is 5.41 Å². The fraction of sp³-hybridized carbons (Fsp3) is 0.0727. The molecular formula is C55H38N4O2. The summed E-state index contributed by atoms with van der Waals surface area (Å²) in [6, 6.07) is 59.0. The molecule has 7 aromatic carbocycles. The summed E-state index contributed by atoms with van der Waals surface area (Å²) < 4.78 is 13.0. The van der Waals surface area contributed by atoms with Gasteiger partial charge in [-0.05, 0) is 59.0 Å². The molecule has 1 N–H and O–H groups in total. The van der Waals surface area contributed by atoms with E-state index in [4.69, 9.17) is 24.1 Å². The van der Waals surface area contributed by atoms with E-state index in [1.807, 2.05) is 60.7 Å². The van der Waals surface area contributed by atoms with Crippen molar-refractivity contribution in [1.82, 2.24) is 10.3 Å². The maximum Gasteiger partial charge on any atom is 0.162 e. The van der Waals surface area contributed by atoms with Crippen LogP contribution in [0.1, 0.15) is 35.3 Å². The van der Waals surface area contributed by atoms with Crippen LogP contribution in [0.5, 0.6) is 5.75 Å². The Morgan fingerprint density at radius 2 is 1.33 bits per heavy atom. The Morgan fingerprint density at radius 3 is 2.16 bits per heavy atom. The van der Waals surface area contributed by atoms with Gasteiger partial charge in [0.25, 0.3) is 0 Å². The molecule has 61 heavy (non-hydrogen) atoms.